The van der Waals surface area contributed by atoms with Gasteiger partial charge in [-0.1, -0.05) is 12.1 Å². The lowest BCUT2D eigenvalue weighted by Crippen LogP contribution is -2.43. The number of likely N-dealkylation sites (tertiary alicyclic amines) is 1. The highest BCUT2D eigenvalue weighted by molar-refractivity contribution is 5.85. The fourth-order valence-corrected chi connectivity index (χ4v) is 2.25. The molecule has 0 aliphatic carbocycles. The van der Waals surface area contributed by atoms with Crippen LogP contribution < -0.4 is 11.1 Å². The number of nitrogens with one attached hydrogen (secondary N) is 1. The Morgan fingerprint density at radius 1 is 1.25 bits per heavy atom. The molecule has 0 radical (unpaired) electrons. The van der Waals surface area contributed by atoms with Gasteiger partial charge in [-0.3, -0.25) is 4.79 Å². The Morgan fingerprint density at radius 3 is 2.35 bits per heavy atom. The zero-order valence-corrected chi connectivity index (χ0v) is 13.3. The van der Waals surface area contributed by atoms with E-state index in [1.54, 1.807) is 0 Å². The number of benzene rings is 1. The van der Waals surface area contributed by atoms with Gasteiger partial charge in [-0.15, -0.1) is 24.8 Å². The van der Waals surface area contributed by atoms with Crippen molar-refractivity contribution < 1.29 is 4.79 Å². The van der Waals surface area contributed by atoms with Crippen LogP contribution in [0, 0.1) is 0 Å². The molecule has 1 amide bonds. The number of nitrogens with zero attached hydrogens (tertiary/aromatic N) is 1. The van der Waals surface area contributed by atoms with Gasteiger partial charge in [-0.05, 0) is 50.7 Å². The number of anilines is 1. The normalized spacial score (nSPS) is 15.8. The Bertz CT molecular complexity index is 403. The van der Waals surface area contributed by atoms with E-state index in [2.05, 4.69) is 17.3 Å². The molecule has 6 heteroatoms. The number of carbonyl (C=O) groups excluding carboxylic acids is 1. The molecule has 1 heterocycles. The first-order valence-electron chi connectivity index (χ1n) is 6.46. The van der Waals surface area contributed by atoms with Crippen LogP contribution in [0.15, 0.2) is 24.3 Å². The molecule has 2 rings (SSSR count). The number of piperidine rings is 1. The maximum Gasteiger partial charge on any atom is 0.224 e. The first-order valence-corrected chi connectivity index (χ1v) is 6.46. The van der Waals surface area contributed by atoms with E-state index in [0.717, 1.165) is 37.2 Å². The number of halogens is 2. The largest absolute Gasteiger partial charge is 0.399 e. The van der Waals surface area contributed by atoms with Crippen molar-refractivity contribution in [2.24, 2.45) is 0 Å². The van der Waals surface area contributed by atoms with Gasteiger partial charge in [-0.2, -0.15) is 0 Å². The fraction of sp³-hybridized carbons (Fsp3) is 0.500. The smallest absolute Gasteiger partial charge is 0.224 e. The Labute approximate surface area is 132 Å². The minimum Gasteiger partial charge on any atom is -0.399 e. The lowest BCUT2D eigenvalue weighted by molar-refractivity contribution is -0.121. The summed E-state index contributed by atoms with van der Waals surface area (Å²) in [7, 11) is 2.12. The van der Waals surface area contributed by atoms with Gasteiger partial charge in [0, 0.05) is 11.7 Å². The van der Waals surface area contributed by atoms with Crippen molar-refractivity contribution in [2.45, 2.75) is 25.3 Å². The number of nitrogen functional groups attached to an aromatic ring is 1. The highest BCUT2D eigenvalue weighted by Crippen LogP contribution is 2.09. The summed E-state index contributed by atoms with van der Waals surface area (Å²) >= 11 is 0. The fourth-order valence-electron chi connectivity index (χ4n) is 2.25. The van der Waals surface area contributed by atoms with Crippen LogP contribution in [0.5, 0.6) is 0 Å². The molecule has 0 aromatic heterocycles. The highest BCUT2D eigenvalue weighted by atomic mass is 35.5. The van der Waals surface area contributed by atoms with Gasteiger partial charge in [0.05, 0.1) is 6.42 Å². The molecular formula is C14H23Cl2N3O. The number of hydrogen-bond donors (Lipinski definition) is 2. The van der Waals surface area contributed by atoms with Crippen LogP contribution in [0.4, 0.5) is 5.69 Å². The third-order valence-corrected chi connectivity index (χ3v) is 3.43. The number of nitrogens with two attached hydrogens (primary N) is 1. The van der Waals surface area contributed by atoms with Crippen LogP contribution in [0.1, 0.15) is 18.4 Å². The Morgan fingerprint density at radius 2 is 1.80 bits per heavy atom. The Balaban J connectivity index is 0.00000180. The predicted molar refractivity (Wildman–Crippen MR) is 87.7 cm³/mol. The minimum absolute atomic E-state index is 0. The SMILES string of the molecule is CN1CCC(NC(=O)Cc2ccc(N)cc2)CC1.Cl.Cl. The van der Waals surface area contributed by atoms with Crippen LogP contribution in [0.3, 0.4) is 0 Å². The number of hydrogen-bond acceptors (Lipinski definition) is 3. The molecule has 1 saturated heterocycles. The van der Waals surface area contributed by atoms with Crippen LogP contribution in [-0.4, -0.2) is 37.0 Å². The summed E-state index contributed by atoms with van der Waals surface area (Å²) in [5.41, 5.74) is 7.35. The van der Waals surface area contributed by atoms with Gasteiger partial charge in [0.1, 0.15) is 0 Å². The average molecular weight is 320 g/mol. The quantitative estimate of drug-likeness (QED) is 0.836. The van der Waals surface area contributed by atoms with Gasteiger partial charge >= 0.3 is 0 Å². The van der Waals surface area contributed by atoms with Crippen LogP contribution in [0.25, 0.3) is 0 Å². The molecule has 114 valence electrons. The topological polar surface area (TPSA) is 58.4 Å². The molecule has 0 spiro atoms. The standard InChI is InChI=1S/C14H21N3O.2ClH/c1-17-8-6-13(7-9-17)16-14(18)10-11-2-4-12(15)5-3-11;;/h2-5,13H,6-10,15H2,1H3,(H,16,18);2*1H. The lowest BCUT2D eigenvalue weighted by Gasteiger charge is -2.29. The Hall–Kier alpha value is -0.970. The zero-order valence-electron chi connectivity index (χ0n) is 11.7. The third kappa shape index (κ3) is 5.99. The Kier molecular flexibility index (Phi) is 8.62. The molecule has 1 aliphatic rings. The van der Waals surface area contributed by atoms with E-state index in [4.69, 9.17) is 5.73 Å². The summed E-state index contributed by atoms with van der Waals surface area (Å²) < 4.78 is 0. The van der Waals surface area contributed by atoms with E-state index in [0.29, 0.717) is 12.5 Å². The molecule has 1 aromatic carbocycles. The molecule has 4 nitrogen and oxygen atoms in total. The maximum atomic E-state index is 11.9. The summed E-state index contributed by atoms with van der Waals surface area (Å²) in [5.74, 6) is 0.106. The molecule has 3 N–H and O–H groups in total. The van der Waals surface area contributed by atoms with E-state index >= 15 is 0 Å². The van der Waals surface area contributed by atoms with E-state index in [1.807, 2.05) is 24.3 Å². The summed E-state index contributed by atoms with van der Waals surface area (Å²) in [6.45, 7) is 2.12. The van der Waals surface area contributed by atoms with Crippen LogP contribution in [0.2, 0.25) is 0 Å². The molecule has 1 aromatic rings. The summed E-state index contributed by atoms with van der Waals surface area (Å²) in [4.78, 5) is 14.2. The first-order chi connectivity index (χ1) is 8.63. The average Bonchev–Trinajstić information content (AvgIpc) is 2.35. The molecule has 0 atom stereocenters. The van der Waals surface area contributed by atoms with Gasteiger partial charge in [-0.25, -0.2) is 0 Å². The van der Waals surface area contributed by atoms with Crippen molar-refractivity contribution in [1.82, 2.24) is 10.2 Å². The van der Waals surface area contributed by atoms with Crippen molar-refractivity contribution in [2.75, 3.05) is 25.9 Å². The van der Waals surface area contributed by atoms with Crippen molar-refractivity contribution in [1.29, 1.82) is 0 Å². The molecule has 0 unspecified atom stereocenters. The van der Waals surface area contributed by atoms with Crippen molar-refractivity contribution in [3.8, 4) is 0 Å². The number of carbonyl (C=O) groups is 1. The van der Waals surface area contributed by atoms with E-state index in [9.17, 15) is 4.79 Å². The van der Waals surface area contributed by atoms with E-state index in [-0.39, 0.29) is 30.7 Å². The molecule has 1 fully saturated rings. The van der Waals surface area contributed by atoms with Gasteiger partial charge < -0.3 is 16.0 Å². The highest BCUT2D eigenvalue weighted by Gasteiger charge is 2.18. The van der Waals surface area contributed by atoms with Crippen molar-refractivity contribution >= 4 is 36.4 Å². The second-order valence-electron chi connectivity index (χ2n) is 5.06. The second kappa shape index (κ2) is 9.06. The van der Waals surface area contributed by atoms with Gasteiger partial charge in [0.25, 0.3) is 0 Å². The van der Waals surface area contributed by atoms with Gasteiger partial charge in [0.15, 0.2) is 0 Å². The number of rotatable bonds is 3. The zero-order chi connectivity index (χ0) is 13.0. The number of amides is 1. The van der Waals surface area contributed by atoms with Crippen molar-refractivity contribution in [3.63, 3.8) is 0 Å². The molecule has 1 aliphatic heterocycles. The van der Waals surface area contributed by atoms with Gasteiger partial charge in [0.2, 0.25) is 5.91 Å². The summed E-state index contributed by atoms with van der Waals surface area (Å²) in [6.07, 6.45) is 2.53. The second-order valence-corrected chi connectivity index (χ2v) is 5.06. The summed E-state index contributed by atoms with van der Waals surface area (Å²) in [6, 6.07) is 7.81. The molecule has 20 heavy (non-hydrogen) atoms. The minimum atomic E-state index is 0. The molecule has 0 saturated carbocycles. The lowest BCUT2D eigenvalue weighted by atomic mass is 10.0. The van der Waals surface area contributed by atoms with Crippen LogP contribution in [-0.2, 0) is 11.2 Å². The van der Waals surface area contributed by atoms with E-state index in [1.165, 1.54) is 0 Å². The van der Waals surface area contributed by atoms with E-state index < -0.39 is 0 Å². The third-order valence-electron chi connectivity index (χ3n) is 3.43. The first kappa shape index (κ1) is 19.0. The molecule has 0 bridgehead atoms. The molecular weight excluding hydrogens is 297 g/mol. The van der Waals surface area contributed by atoms with Crippen molar-refractivity contribution in [3.05, 3.63) is 29.8 Å². The van der Waals surface area contributed by atoms with Crippen LogP contribution >= 0.6 is 24.8 Å². The monoisotopic (exact) mass is 319 g/mol. The predicted octanol–water partition coefficient (Wildman–Crippen LogP) is 1.87. The maximum absolute atomic E-state index is 11.9. The summed E-state index contributed by atoms with van der Waals surface area (Å²) in [5, 5.41) is 3.11.